The van der Waals surface area contributed by atoms with Crippen LogP contribution >= 0.6 is 11.3 Å². The van der Waals surface area contributed by atoms with Gasteiger partial charge < -0.3 is 9.47 Å². The summed E-state index contributed by atoms with van der Waals surface area (Å²) in [5.74, 6) is 0.990. The first-order chi connectivity index (χ1) is 12.2. The highest BCUT2D eigenvalue weighted by Gasteiger charge is 2.30. The molecule has 1 fully saturated rings. The van der Waals surface area contributed by atoms with Crippen molar-refractivity contribution >= 4 is 17.2 Å². The molecule has 0 bridgehead atoms. The van der Waals surface area contributed by atoms with Gasteiger partial charge in [0.25, 0.3) is 5.91 Å². The summed E-state index contributed by atoms with van der Waals surface area (Å²) in [6.07, 6.45) is 8.70. The van der Waals surface area contributed by atoms with Crippen molar-refractivity contribution in [3.8, 4) is 11.4 Å². The molecule has 0 radical (unpaired) electrons. The van der Waals surface area contributed by atoms with Gasteiger partial charge in [-0.25, -0.2) is 9.97 Å². The van der Waals surface area contributed by atoms with Crippen LogP contribution in [0.2, 0.25) is 0 Å². The molecule has 6 heteroatoms. The highest BCUT2D eigenvalue weighted by atomic mass is 32.1. The fraction of sp³-hybridized carbons (Fsp3) is 0.316. The Morgan fingerprint density at radius 1 is 1.16 bits per heavy atom. The summed E-state index contributed by atoms with van der Waals surface area (Å²) in [4.78, 5) is 23.8. The van der Waals surface area contributed by atoms with Gasteiger partial charge in [-0.1, -0.05) is 12.1 Å². The van der Waals surface area contributed by atoms with E-state index in [-0.39, 0.29) is 11.9 Å². The predicted molar refractivity (Wildman–Crippen MR) is 98.4 cm³/mol. The van der Waals surface area contributed by atoms with Crippen LogP contribution in [-0.2, 0) is 7.05 Å². The highest BCUT2D eigenvalue weighted by molar-refractivity contribution is 7.09. The van der Waals surface area contributed by atoms with Crippen molar-refractivity contribution in [3.05, 3.63) is 58.8 Å². The quantitative estimate of drug-likeness (QED) is 0.718. The third kappa shape index (κ3) is 3.09. The van der Waals surface area contributed by atoms with E-state index in [0.717, 1.165) is 47.8 Å². The number of aromatic nitrogens is 3. The summed E-state index contributed by atoms with van der Waals surface area (Å²) in [5, 5.41) is 3.02. The Kier molecular flexibility index (Phi) is 4.36. The lowest BCUT2D eigenvalue weighted by Gasteiger charge is -2.34. The Hall–Kier alpha value is -2.47. The lowest BCUT2D eigenvalue weighted by Crippen LogP contribution is -2.38. The van der Waals surface area contributed by atoms with E-state index < -0.39 is 0 Å². The summed E-state index contributed by atoms with van der Waals surface area (Å²) >= 11 is 1.63. The molecule has 2 aromatic heterocycles. The van der Waals surface area contributed by atoms with Crippen LogP contribution < -0.4 is 0 Å². The van der Waals surface area contributed by atoms with E-state index in [9.17, 15) is 4.79 Å². The topological polar surface area (TPSA) is 51.0 Å². The first kappa shape index (κ1) is 16.0. The fourth-order valence-corrected chi connectivity index (χ4v) is 4.19. The number of hydrogen-bond acceptors (Lipinski definition) is 4. The summed E-state index contributed by atoms with van der Waals surface area (Å²) in [6.45, 7) is 0.796. The van der Waals surface area contributed by atoms with Crippen LogP contribution in [0.4, 0.5) is 0 Å². The molecule has 3 aromatic rings. The Balaban J connectivity index is 1.58. The molecule has 1 saturated heterocycles. The first-order valence-corrected chi connectivity index (χ1v) is 9.40. The average molecular weight is 352 g/mol. The van der Waals surface area contributed by atoms with Gasteiger partial charge in [-0.2, -0.15) is 0 Å². The van der Waals surface area contributed by atoms with Gasteiger partial charge in [0.2, 0.25) is 0 Å². The number of imidazole rings is 1. The summed E-state index contributed by atoms with van der Waals surface area (Å²) in [5.41, 5.74) is 1.74. The maximum absolute atomic E-state index is 13.1. The van der Waals surface area contributed by atoms with Crippen molar-refractivity contribution in [2.45, 2.75) is 25.3 Å². The van der Waals surface area contributed by atoms with Crippen molar-refractivity contribution in [1.29, 1.82) is 0 Å². The van der Waals surface area contributed by atoms with Crippen molar-refractivity contribution in [2.24, 2.45) is 7.05 Å². The van der Waals surface area contributed by atoms with Gasteiger partial charge in [-0.05, 0) is 31.4 Å². The SMILES string of the molecule is Cn1ccnc1-c1ccc(C(=O)N2CCCC[C@@H]2c2nccs2)cc1. The number of piperidine rings is 1. The van der Waals surface area contributed by atoms with Gasteiger partial charge >= 0.3 is 0 Å². The zero-order valence-corrected chi connectivity index (χ0v) is 14.9. The number of likely N-dealkylation sites (tertiary alicyclic amines) is 1. The third-order valence-electron chi connectivity index (χ3n) is 4.71. The summed E-state index contributed by atoms with van der Waals surface area (Å²) < 4.78 is 1.97. The number of carbonyl (C=O) groups is 1. The molecule has 0 N–H and O–H groups in total. The molecule has 128 valence electrons. The molecule has 0 unspecified atom stereocenters. The van der Waals surface area contributed by atoms with Crippen LogP contribution in [0.25, 0.3) is 11.4 Å². The predicted octanol–water partition coefficient (Wildman–Crippen LogP) is 3.91. The molecule has 3 heterocycles. The van der Waals surface area contributed by atoms with E-state index >= 15 is 0 Å². The van der Waals surface area contributed by atoms with Crippen molar-refractivity contribution in [2.75, 3.05) is 6.54 Å². The number of aryl methyl sites for hydroxylation is 1. The monoisotopic (exact) mass is 352 g/mol. The van der Waals surface area contributed by atoms with Crippen molar-refractivity contribution < 1.29 is 4.79 Å². The maximum atomic E-state index is 13.1. The van der Waals surface area contributed by atoms with Crippen LogP contribution in [0.15, 0.2) is 48.2 Å². The van der Waals surface area contributed by atoms with Crippen LogP contribution in [0.1, 0.15) is 40.7 Å². The van der Waals surface area contributed by atoms with E-state index in [2.05, 4.69) is 9.97 Å². The van der Waals surface area contributed by atoms with Crippen LogP contribution in [-0.4, -0.2) is 31.9 Å². The number of thiazole rings is 1. The molecule has 1 amide bonds. The zero-order chi connectivity index (χ0) is 17.2. The number of amides is 1. The van der Waals surface area contributed by atoms with Gasteiger partial charge in [0.1, 0.15) is 10.8 Å². The number of benzene rings is 1. The molecule has 5 nitrogen and oxygen atoms in total. The minimum Gasteiger partial charge on any atom is -0.334 e. The number of rotatable bonds is 3. The Labute approximate surface area is 151 Å². The van der Waals surface area contributed by atoms with E-state index in [0.29, 0.717) is 0 Å². The average Bonchev–Trinajstić information content (AvgIpc) is 3.33. The zero-order valence-electron chi connectivity index (χ0n) is 14.1. The van der Waals surface area contributed by atoms with Gasteiger partial charge in [0.05, 0.1) is 6.04 Å². The van der Waals surface area contributed by atoms with E-state index in [4.69, 9.17) is 0 Å². The van der Waals surface area contributed by atoms with Crippen molar-refractivity contribution in [3.63, 3.8) is 0 Å². The smallest absolute Gasteiger partial charge is 0.254 e. The first-order valence-electron chi connectivity index (χ1n) is 8.52. The van der Waals surface area contributed by atoms with Gasteiger partial charge in [0, 0.05) is 48.7 Å². The fourth-order valence-electron chi connectivity index (χ4n) is 3.40. The molecular weight excluding hydrogens is 332 g/mol. The molecule has 0 aliphatic carbocycles. The molecule has 1 atom stereocenters. The van der Waals surface area contributed by atoms with E-state index in [1.54, 1.807) is 17.5 Å². The van der Waals surface area contributed by atoms with E-state index in [1.165, 1.54) is 0 Å². The largest absolute Gasteiger partial charge is 0.334 e. The van der Waals surface area contributed by atoms with Crippen LogP contribution in [0.3, 0.4) is 0 Å². The second-order valence-corrected chi connectivity index (χ2v) is 7.25. The maximum Gasteiger partial charge on any atom is 0.254 e. The summed E-state index contributed by atoms with van der Waals surface area (Å²) in [7, 11) is 1.97. The molecule has 0 spiro atoms. The molecular formula is C19H20N4OS. The molecule has 25 heavy (non-hydrogen) atoms. The van der Waals surface area contributed by atoms with Gasteiger partial charge in [0.15, 0.2) is 0 Å². The van der Waals surface area contributed by atoms with E-state index in [1.807, 2.05) is 58.6 Å². The minimum atomic E-state index is 0.0892. The minimum absolute atomic E-state index is 0.0892. The Bertz CT molecular complexity index is 854. The number of carbonyl (C=O) groups excluding carboxylic acids is 1. The van der Waals surface area contributed by atoms with Crippen LogP contribution in [0, 0.1) is 0 Å². The van der Waals surface area contributed by atoms with Crippen LogP contribution in [0.5, 0.6) is 0 Å². The molecule has 1 aliphatic heterocycles. The highest BCUT2D eigenvalue weighted by Crippen LogP contribution is 2.33. The normalized spacial score (nSPS) is 17.6. The van der Waals surface area contributed by atoms with Crippen molar-refractivity contribution in [1.82, 2.24) is 19.4 Å². The molecule has 4 rings (SSSR count). The molecule has 0 saturated carbocycles. The Morgan fingerprint density at radius 3 is 2.68 bits per heavy atom. The lowest BCUT2D eigenvalue weighted by atomic mass is 10.0. The van der Waals surface area contributed by atoms with Gasteiger partial charge in [-0.15, -0.1) is 11.3 Å². The van der Waals surface area contributed by atoms with Gasteiger partial charge in [-0.3, -0.25) is 4.79 Å². The third-order valence-corrected chi connectivity index (χ3v) is 5.59. The lowest BCUT2D eigenvalue weighted by molar-refractivity contribution is 0.0611. The summed E-state index contributed by atoms with van der Waals surface area (Å²) in [6, 6.07) is 7.85. The standard InChI is InChI=1S/C19H20N4OS/c1-22-12-9-20-17(22)14-5-7-15(8-6-14)19(24)23-11-3-2-4-16(23)18-21-10-13-25-18/h5-10,12-13,16H,2-4,11H2,1H3/t16-/m1/s1. The molecule has 1 aromatic carbocycles. The second-order valence-electron chi connectivity index (χ2n) is 6.32. The Morgan fingerprint density at radius 2 is 2.00 bits per heavy atom. The second kappa shape index (κ2) is 6.80. The molecule has 1 aliphatic rings. The number of hydrogen-bond donors (Lipinski definition) is 0. The number of nitrogens with zero attached hydrogens (tertiary/aromatic N) is 4.